The largest absolute Gasteiger partial charge is 0.477 e. The smallest absolute Gasteiger partial charge is 0.352 e. The van der Waals surface area contributed by atoms with E-state index in [1.54, 1.807) is 23.0 Å². The third-order valence-corrected chi connectivity index (χ3v) is 2.95. The minimum atomic E-state index is -0.940. The Balaban J connectivity index is 2.36. The molecule has 4 nitrogen and oxygen atoms in total. The lowest BCUT2D eigenvalue weighted by molar-refractivity contribution is 0.0685. The molecule has 0 spiro atoms. The maximum absolute atomic E-state index is 11.0. The van der Waals surface area contributed by atoms with E-state index in [1.807, 2.05) is 19.1 Å². The Morgan fingerprint density at radius 2 is 2.35 bits per heavy atom. The number of carboxylic acid groups (broad SMARTS) is 1. The summed E-state index contributed by atoms with van der Waals surface area (Å²) in [6, 6.07) is 5.41. The van der Waals surface area contributed by atoms with E-state index in [2.05, 4.69) is 20.9 Å². The van der Waals surface area contributed by atoms with Crippen LogP contribution in [0, 0.1) is 6.92 Å². The number of hydrogen-bond donors (Lipinski definition) is 1. The molecule has 1 N–H and O–H groups in total. The van der Waals surface area contributed by atoms with Crippen molar-refractivity contribution in [3.63, 3.8) is 0 Å². The summed E-state index contributed by atoms with van der Waals surface area (Å²) >= 11 is 3.28. The van der Waals surface area contributed by atoms with Gasteiger partial charge in [0.1, 0.15) is 5.69 Å². The van der Waals surface area contributed by atoms with Gasteiger partial charge in [0, 0.05) is 16.9 Å². The summed E-state index contributed by atoms with van der Waals surface area (Å²) in [5, 5.41) is 9.06. The van der Waals surface area contributed by atoms with Gasteiger partial charge in [-0.1, -0.05) is 6.07 Å². The molecular weight excluding hydrogens is 284 g/mol. The van der Waals surface area contributed by atoms with Crippen molar-refractivity contribution in [2.24, 2.45) is 0 Å². The molecule has 0 amide bonds. The number of pyridine rings is 1. The lowest BCUT2D eigenvalue weighted by Crippen LogP contribution is -2.10. The van der Waals surface area contributed by atoms with E-state index < -0.39 is 5.97 Å². The van der Waals surface area contributed by atoms with E-state index >= 15 is 0 Å². The van der Waals surface area contributed by atoms with Crippen LogP contribution in [0.4, 0.5) is 0 Å². The fourth-order valence-corrected chi connectivity index (χ4v) is 2.09. The third kappa shape index (κ3) is 2.55. The van der Waals surface area contributed by atoms with Crippen LogP contribution < -0.4 is 0 Å². The Kier molecular flexibility index (Phi) is 3.28. The van der Waals surface area contributed by atoms with E-state index in [0.29, 0.717) is 6.54 Å². The topological polar surface area (TPSA) is 55.1 Å². The van der Waals surface area contributed by atoms with Crippen molar-refractivity contribution in [1.29, 1.82) is 0 Å². The van der Waals surface area contributed by atoms with Crippen LogP contribution in [0.25, 0.3) is 0 Å². The average molecular weight is 295 g/mol. The van der Waals surface area contributed by atoms with Gasteiger partial charge in [-0.05, 0) is 40.5 Å². The molecule has 0 saturated carbocycles. The summed E-state index contributed by atoms with van der Waals surface area (Å²) in [7, 11) is 0. The summed E-state index contributed by atoms with van der Waals surface area (Å²) in [6.45, 7) is 2.42. The van der Waals surface area contributed by atoms with Crippen molar-refractivity contribution < 1.29 is 9.90 Å². The zero-order valence-electron chi connectivity index (χ0n) is 9.22. The molecule has 2 aromatic rings. The van der Waals surface area contributed by atoms with E-state index in [0.717, 1.165) is 15.7 Å². The third-order valence-electron chi connectivity index (χ3n) is 2.52. The Hall–Kier alpha value is -1.62. The lowest BCUT2D eigenvalue weighted by atomic mass is 10.2. The van der Waals surface area contributed by atoms with E-state index in [-0.39, 0.29) is 5.69 Å². The van der Waals surface area contributed by atoms with Crippen molar-refractivity contribution in [3.05, 3.63) is 52.0 Å². The van der Waals surface area contributed by atoms with Crippen molar-refractivity contribution >= 4 is 21.9 Å². The Morgan fingerprint density at radius 1 is 1.59 bits per heavy atom. The zero-order valence-corrected chi connectivity index (χ0v) is 10.8. The van der Waals surface area contributed by atoms with Crippen LogP contribution in [0.3, 0.4) is 0 Å². The van der Waals surface area contributed by atoms with E-state index in [1.165, 1.54) is 0 Å². The van der Waals surface area contributed by atoms with Gasteiger partial charge in [-0.25, -0.2) is 4.79 Å². The molecular formula is C12H11BrN2O2. The maximum Gasteiger partial charge on any atom is 0.352 e. The molecule has 0 bridgehead atoms. The molecule has 17 heavy (non-hydrogen) atoms. The molecule has 0 saturated heterocycles. The van der Waals surface area contributed by atoms with Gasteiger partial charge in [-0.3, -0.25) is 4.98 Å². The van der Waals surface area contributed by atoms with Crippen LogP contribution in [0.2, 0.25) is 0 Å². The first-order valence-corrected chi connectivity index (χ1v) is 5.86. The monoisotopic (exact) mass is 294 g/mol. The summed E-state index contributed by atoms with van der Waals surface area (Å²) in [5.41, 5.74) is 2.17. The fourth-order valence-electron chi connectivity index (χ4n) is 1.63. The predicted octanol–water partition coefficient (Wildman–Crippen LogP) is 2.70. The molecule has 88 valence electrons. The van der Waals surface area contributed by atoms with Crippen LogP contribution in [0.15, 0.2) is 35.1 Å². The number of nitrogens with zero attached hydrogens (tertiary/aromatic N) is 2. The highest BCUT2D eigenvalue weighted by molar-refractivity contribution is 9.10. The van der Waals surface area contributed by atoms with Gasteiger partial charge >= 0.3 is 5.97 Å². The first kappa shape index (κ1) is 11.9. The molecule has 0 aromatic carbocycles. The summed E-state index contributed by atoms with van der Waals surface area (Å²) in [5.74, 6) is -0.940. The molecule has 0 aliphatic heterocycles. The number of aromatic carboxylic acids is 1. The van der Waals surface area contributed by atoms with Crippen molar-refractivity contribution in [3.8, 4) is 0 Å². The van der Waals surface area contributed by atoms with Crippen molar-refractivity contribution in [2.45, 2.75) is 13.5 Å². The second kappa shape index (κ2) is 4.71. The van der Waals surface area contributed by atoms with Crippen molar-refractivity contribution in [1.82, 2.24) is 9.55 Å². The number of carboxylic acids is 1. The van der Waals surface area contributed by atoms with Gasteiger partial charge in [0.15, 0.2) is 0 Å². The predicted molar refractivity (Wildman–Crippen MR) is 67.2 cm³/mol. The number of halogens is 1. The minimum Gasteiger partial charge on any atom is -0.477 e. The van der Waals surface area contributed by atoms with Gasteiger partial charge in [0.2, 0.25) is 0 Å². The highest BCUT2D eigenvalue weighted by atomic mass is 79.9. The van der Waals surface area contributed by atoms with Gasteiger partial charge in [-0.2, -0.15) is 0 Å². The Morgan fingerprint density at radius 3 is 3.00 bits per heavy atom. The fraction of sp³-hybridized carbons (Fsp3) is 0.167. The van der Waals surface area contributed by atoms with Crippen LogP contribution in [-0.4, -0.2) is 20.6 Å². The molecule has 0 aliphatic rings. The molecule has 5 heteroatoms. The Bertz CT molecular complexity index is 563. The summed E-state index contributed by atoms with van der Waals surface area (Å²) in [4.78, 5) is 15.3. The SMILES string of the molecule is Cc1cccnc1Cn1cc(Br)cc1C(=O)O. The van der Waals surface area contributed by atoms with Crippen LogP contribution in [0.5, 0.6) is 0 Å². The quantitative estimate of drug-likeness (QED) is 0.947. The highest BCUT2D eigenvalue weighted by Gasteiger charge is 2.12. The molecule has 0 unspecified atom stereocenters. The first-order chi connectivity index (χ1) is 8.08. The summed E-state index contributed by atoms with van der Waals surface area (Å²) < 4.78 is 2.42. The lowest BCUT2D eigenvalue weighted by Gasteiger charge is -2.07. The standard InChI is InChI=1S/C12H11BrN2O2/c1-8-3-2-4-14-10(8)7-15-6-9(13)5-11(15)12(16)17/h2-6H,7H2,1H3,(H,16,17). The summed E-state index contributed by atoms with van der Waals surface area (Å²) in [6.07, 6.45) is 3.46. The molecule has 0 fully saturated rings. The normalized spacial score (nSPS) is 10.5. The first-order valence-electron chi connectivity index (χ1n) is 5.07. The van der Waals surface area contributed by atoms with Gasteiger partial charge in [-0.15, -0.1) is 0 Å². The van der Waals surface area contributed by atoms with E-state index in [4.69, 9.17) is 5.11 Å². The van der Waals surface area contributed by atoms with Gasteiger partial charge in [0.25, 0.3) is 0 Å². The minimum absolute atomic E-state index is 0.252. The number of hydrogen-bond acceptors (Lipinski definition) is 2. The van der Waals surface area contributed by atoms with Gasteiger partial charge in [0.05, 0.1) is 12.2 Å². The second-order valence-corrected chi connectivity index (χ2v) is 4.66. The molecule has 2 rings (SSSR count). The number of aryl methyl sites for hydroxylation is 1. The van der Waals surface area contributed by atoms with Crippen LogP contribution in [0.1, 0.15) is 21.7 Å². The van der Waals surface area contributed by atoms with Crippen molar-refractivity contribution in [2.75, 3.05) is 0 Å². The molecule has 0 atom stereocenters. The zero-order chi connectivity index (χ0) is 12.4. The molecule has 0 aliphatic carbocycles. The van der Waals surface area contributed by atoms with Crippen LogP contribution in [-0.2, 0) is 6.54 Å². The highest BCUT2D eigenvalue weighted by Crippen LogP contribution is 2.17. The van der Waals surface area contributed by atoms with Gasteiger partial charge < -0.3 is 9.67 Å². The number of carbonyl (C=O) groups is 1. The van der Waals surface area contributed by atoms with Crippen LogP contribution >= 0.6 is 15.9 Å². The Labute approximate surface area is 107 Å². The number of rotatable bonds is 3. The number of aromatic nitrogens is 2. The second-order valence-electron chi connectivity index (χ2n) is 3.74. The molecule has 2 aromatic heterocycles. The van der Waals surface area contributed by atoms with E-state index in [9.17, 15) is 4.79 Å². The average Bonchev–Trinajstić information content (AvgIpc) is 2.63. The maximum atomic E-state index is 11.0. The molecule has 2 heterocycles. The molecule has 0 radical (unpaired) electrons.